The second-order valence-electron chi connectivity index (χ2n) is 3.70. The fourth-order valence-electron chi connectivity index (χ4n) is 1.41. The minimum atomic E-state index is 0.538. The monoisotopic (exact) mass is 187 g/mol. The van der Waals surface area contributed by atoms with E-state index in [-0.39, 0.29) is 0 Å². The minimum absolute atomic E-state index is 0.538. The molecule has 1 aromatic heterocycles. The molecule has 0 radical (unpaired) electrons. The van der Waals surface area contributed by atoms with Crippen molar-refractivity contribution in [2.45, 2.75) is 19.4 Å². The van der Waals surface area contributed by atoms with Crippen molar-refractivity contribution in [3.05, 3.63) is 29.6 Å². The zero-order valence-electron chi connectivity index (χ0n) is 8.03. The van der Waals surface area contributed by atoms with Gasteiger partial charge in [0.25, 0.3) is 0 Å². The van der Waals surface area contributed by atoms with Gasteiger partial charge in [-0.15, -0.1) is 0 Å². The number of nitriles is 1. The summed E-state index contributed by atoms with van der Waals surface area (Å²) in [5, 5.41) is 12.1. The van der Waals surface area contributed by atoms with E-state index in [4.69, 9.17) is 5.26 Å². The maximum atomic E-state index is 8.80. The SMILES string of the molecule is N#Cc1ncccc1CNCC1CC1. The van der Waals surface area contributed by atoms with Gasteiger partial charge in [-0.25, -0.2) is 4.98 Å². The van der Waals surface area contributed by atoms with Crippen LogP contribution in [0, 0.1) is 17.2 Å². The molecule has 1 fully saturated rings. The van der Waals surface area contributed by atoms with Crippen molar-refractivity contribution in [2.75, 3.05) is 6.54 Å². The minimum Gasteiger partial charge on any atom is -0.312 e. The largest absolute Gasteiger partial charge is 0.312 e. The number of nitrogens with one attached hydrogen (secondary N) is 1. The maximum absolute atomic E-state index is 8.80. The van der Waals surface area contributed by atoms with Gasteiger partial charge in [0.05, 0.1) is 0 Å². The Morgan fingerprint density at radius 2 is 2.43 bits per heavy atom. The Labute approximate surface area is 83.8 Å². The molecule has 0 aromatic carbocycles. The molecule has 72 valence electrons. The molecule has 14 heavy (non-hydrogen) atoms. The van der Waals surface area contributed by atoms with Crippen molar-refractivity contribution < 1.29 is 0 Å². The van der Waals surface area contributed by atoms with E-state index in [1.54, 1.807) is 6.20 Å². The van der Waals surface area contributed by atoms with Gasteiger partial charge in [0, 0.05) is 18.3 Å². The molecule has 1 aliphatic rings. The van der Waals surface area contributed by atoms with Crippen LogP contribution in [0.15, 0.2) is 18.3 Å². The molecule has 0 saturated heterocycles. The van der Waals surface area contributed by atoms with Crippen molar-refractivity contribution in [2.24, 2.45) is 5.92 Å². The summed E-state index contributed by atoms with van der Waals surface area (Å²) < 4.78 is 0. The number of hydrogen-bond donors (Lipinski definition) is 1. The zero-order chi connectivity index (χ0) is 9.80. The van der Waals surface area contributed by atoms with Crippen LogP contribution in [0.1, 0.15) is 24.1 Å². The lowest BCUT2D eigenvalue weighted by Gasteiger charge is -2.04. The van der Waals surface area contributed by atoms with Crippen molar-refractivity contribution in [3.63, 3.8) is 0 Å². The predicted octanol–water partition coefficient (Wildman–Crippen LogP) is 1.45. The van der Waals surface area contributed by atoms with Crippen LogP contribution in [-0.2, 0) is 6.54 Å². The van der Waals surface area contributed by atoms with Crippen LogP contribution in [0.3, 0.4) is 0 Å². The van der Waals surface area contributed by atoms with Crippen LogP contribution in [0.5, 0.6) is 0 Å². The highest BCUT2D eigenvalue weighted by molar-refractivity contribution is 5.30. The zero-order valence-corrected chi connectivity index (χ0v) is 8.03. The quantitative estimate of drug-likeness (QED) is 0.776. The Kier molecular flexibility index (Phi) is 2.76. The average Bonchev–Trinajstić information content (AvgIpc) is 3.03. The van der Waals surface area contributed by atoms with Gasteiger partial charge in [-0.05, 0) is 31.4 Å². The molecular formula is C11H13N3. The van der Waals surface area contributed by atoms with Crippen molar-refractivity contribution >= 4 is 0 Å². The van der Waals surface area contributed by atoms with Crippen molar-refractivity contribution in [1.82, 2.24) is 10.3 Å². The highest BCUT2D eigenvalue weighted by Crippen LogP contribution is 2.27. The number of aromatic nitrogens is 1. The topological polar surface area (TPSA) is 48.7 Å². The van der Waals surface area contributed by atoms with Gasteiger partial charge in [-0.3, -0.25) is 0 Å². The Hall–Kier alpha value is -1.40. The van der Waals surface area contributed by atoms with Crippen LogP contribution in [0.2, 0.25) is 0 Å². The average molecular weight is 187 g/mol. The van der Waals surface area contributed by atoms with Crippen LogP contribution in [0.25, 0.3) is 0 Å². The van der Waals surface area contributed by atoms with Gasteiger partial charge in [0.15, 0.2) is 0 Å². The van der Waals surface area contributed by atoms with Gasteiger partial charge in [-0.2, -0.15) is 5.26 Å². The van der Waals surface area contributed by atoms with E-state index in [0.29, 0.717) is 5.69 Å². The lowest BCUT2D eigenvalue weighted by Crippen LogP contribution is -2.17. The first-order chi connectivity index (χ1) is 6.90. The maximum Gasteiger partial charge on any atom is 0.144 e. The summed E-state index contributed by atoms with van der Waals surface area (Å²) in [4.78, 5) is 4.01. The van der Waals surface area contributed by atoms with E-state index in [1.165, 1.54) is 12.8 Å². The van der Waals surface area contributed by atoms with Crippen LogP contribution >= 0.6 is 0 Å². The van der Waals surface area contributed by atoms with Crippen LogP contribution in [-0.4, -0.2) is 11.5 Å². The first-order valence-electron chi connectivity index (χ1n) is 4.95. The Morgan fingerprint density at radius 3 is 3.14 bits per heavy atom. The molecule has 0 bridgehead atoms. The smallest absolute Gasteiger partial charge is 0.144 e. The highest BCUT2D eigenvalue weighted by Gasteiger charge is 2.20. The number of pyridine rings is 1. The van der Waals surface area contributed by atoms with Gasteiger partial charge in [-0.1, -0.05) is 6.07 Å². The Morgan fingerprint density at radius 1 is 1.57 bits per heavy atom. The third kappa shape index (κ3) is 2.30. The van der Waals surface area contributed by atoms with Crippen LogP contribution < -0.4 is 5.32 Å². The second kappa shape index (κ2) is 4.21. The fraction of sp³-hybridized carbons (Fsp3) is 0.455. The summed E-state index contributed by atoms with van der Waals surface area (Å²) in [5.41, 5.74) is 1.53. The van der Waals surface area contributed by atoms with Gasteiger partial charge < -0.3 is 5.32 Å². The molecular weight excluding hydrogens is 174 g/mol. The van der Waals surface area contributed by atoms with E-state index in [1.807, 2.05) is 12.1 Å². The summed E-state index contributed by atoms with van der Waals surface area (Å²) in [6, 6.07) is 5.92. The summed E-state index contributed by atoms with van der Waals surface area (Å²) in [6.07, 6.45) is 4.36. The summed E-state index contributed by atoms with van der Waals surface area (Å²) in [7, 11) is 0. The third-order valence-corrected chi connectivity index (χ3v) is 2.44. The Bertz CT molecular complexity index is 350. The fourth-order valence-corrected chi connectivity index (χ4v) is 1.41. The molecule has 1 aromatic rings. The molecule has 3 heteroatoms. The van der Waals surface area contributed by atoms with Crippen molar-refractivity contribution in [3.8, 4) is 6.07 Å². The van der Waals surface area contributed by atoms with Gasteiger partial charge in [0.1, 0.15) is 11.8 Å². The molecule has 1 heterocycles. The lowest BCUT2D eigenvalue weighted by molar-refractivity contribution is 0.636. The molecule has 0 atom stereocenters. The van der Waals surface area contributed by atoms with E-state index in [2.05, 4.69) is 16.4 Å². The molecule has 1 saturated carbocycles. The summed E-state index contributed by atoms with van der Waals surface area (Å²) >= 11 is 0. The predicted molar refractivity (Wildman–Crippen MR) is 53.4 cm³/mol. The molecule has 0 unspecified atom stereocenters. The number of rotatable bonds is 4. The van der Waals surface area contributed by atoms with E-state index in [9.17, 15) is 0 Å². The van der Waals surface area contributed by atoms with Crippen LogP contribution in [0.4, 0.5) is 0 Å². The summed E-state index contributed by atoms with van der Waals surface area (Å²) in [6.45, 7) is 1.83. The molecule has 0 aliphatic heterocycles. The first-order valence-corrected chi connectivity index (χ1v) is 4.95. The Balaban J connectivity index is 1.90. The molecule has 3 nitrogen and oxygen atoms in total. The van der Waals surface area contributed by atoms with Gasteiger partial charge in [0.2, 0.25) is 0 Å². The molecule has 1 N–H and O–H groups in total. The highest BCUT2D eigenvalue weighted by atomic mass is 14.9. The lowest BCUT2D eigenvalue weighted by atomic mass is 10.2. The number of hydrogen-bond acceptors (Lipinski definition) is 3. The first kappa shape index (κ1) is 9.17. The van der Waals surface area contributed by atoms with Crippen molar-refractivity contribution in [1.29, 1.82) is 5.26 Å². The summed E-state index contributed by atoms with van der Waals surface area (Å²) in [5.74, 6) is 0.872. The molecule has 1 aliphatic carbocycles. The molecule has 2 rings (SSSR count). The molecule has 0 amide bonds. The van der Waals surface area contributed by atoms with Gasteiger partial charge >= 0.3 is 0 Å². The van der Waals surface area contributed by atoms with E-state index < -0.39 is 0 Å². The van der Waals surface area contributed by atoms with E-state index in [0.717, 1.165) is 24.6 Å². The molecule has 0 spiro atoms. The standard InChI is InChI=1S/C11H13N3/c12-6-11-10(2-1-5-14-11)8-13-7-9-3-4-9/h1-2,5,9,13H,3-4,7-8H2. The van der Waals surface area contributed by atoms with E-state index >= 15 is 0 Å². The third-order valence-electron chi connectivity index (χ3n) is 2.44. The normalized spacial score (nSPS) is 15.1. The number of nitrogens with zero attached hydrogens (tertiary/aromatic N) is 2. The second-order valence-corrected chi connectivity index (χ2v) is 3.70.